The van der Waals surface area contributed by atoms with Gasteiger partial charge in [-0.2, -0.15) is 0 Å². The van der Waals surface area contributed by atoms with Crippen LogP contribution in [-0.4, -0.2) is 4.92 Å². The third kappa shape index (κ3) is 3.02. The number of nitro benzene ring substituents is 1. The molecule has 4 nitrogen and oxygen atoms in total. The minimum Gasteiger partial charge on any atom is -0.324 e. The van der Waals surface area contributed by atoms with Crippen molar-refractivity contribution in [3.63, 3.8) is 0 Å². The van der Waals surface area contributed by atoms with Crippen molar-refractivity contribution in [1.29, 1.82) is 0 Å². The van der Waals surface area contributed by atoms with E-state index in [2.05, 4.69) is 0 Å². The van der Waals surface area contributed by atoms with Gasteiger partial charge in [-0.05, 0) is 24.5 Å². The Morgan fingerprint density at radius 2 is 2.13 bits per heavy atom. The van der Waals surface area contributed by atoms with Gasteiger partial charge in [0.1, 0.15) is 0 Å². The minimum atomic E-state index is -0.380. The maximum atomic E-state index is 10.7. The monoisotopic (exact) mass is 208 g/mol. The third-order valence-corrected chi connectivity index (χ3v) is 2.32. The Kier molecular flexibility index (Phi) is 3.80. The summed E-state index contributed by atoms with van der Waals surface area (Å²) in [5, 5.41) is 10.7. The molecule has 1 atom stereocenters. The van der Waals surface area contributed by atoms with E-state index in [1.165, 1.54) is 0 Å². The van der Waals surface area contributed by atoms with Crippen LogP contribution in [0, 0.1) is 17.0 Å². The van der Waals surface area contributed by atoms with Gasteiger partial charge >= 0.3 is 0 Å². The fraction of sp³-hybridized carbons (Fsp3) is 0.455. The lowest BCUT2D eigenvalue weighted by atomic mass is 10.0. The second-order valence-corrected chi connectivity index (χ2v) is 3.75. The minimum absolute atomic E-state index is 0.103. The molecule has 0 aliphatic heterocycles. The van der Waals surface area contributed by atoms with Gasteiger partial charge in [0.05, 0.1) is 4.92 Å². The number of rotatable bonds is 4. The van der Waals surface area contributed by atoms with Gasteiger partial charge in [-0.1, -0.05) is 19.4 Å². The van der Waals surface area contributed by atoms with E-state index in [1.54, 1.807) is 12.1 Å². The van der Waals surface area contributed by atoms with Crippen LogP contribution in [0.3, 0.4) is 0 Å². The number of nitro groups is 1. The fourth-order valence-corrected chi connectivity index (χ4v) is 1.59. The van der Waals surface area contributed by atoms with E-state index < -0.39 is 0 Å². The van der Waals surface area contributed by atoms with Gasteiger partial charge in [0.25, 0.3) is 5.69 Å². The lowest BCUT2D eigenvalue weighted by Crippen LogP contribution is -2.10. The number of hydrogen-bond donors (Lipinski definition) is 1. The topological polar surface area (TPSA) is 69.2 Å². The molecular formula is C11H16N2O2. The first-order valence-corrected chi connectivity index (χ1v) is 5.06. The molecule has 0 saturated carbocycles. The van der Waals surface area contributed by atoms with Crippen molar-refractivity contribution >= 4 is 5.69 Å². The second-order valence-electron chi connectivity index (χ2n) is 3.75. The molecule has 1 rings (SSSR count). The summed E-state index contributed by atoms with van der Waals surface area (Å²) in [6, 6.07) is 4.93. The number of hydrogen-bond acceptors (Lipinski definition) is 3. The quantitative estimate of drug-likeness (QED) is 0.611. The van der Waals surface area contributed by atoms with E-state index in [0.29, 0.717) is 0 Å². The number of benzene rings is 1. The SMILES string of the molecule is CCCC(N)c1cc(C)cc([N+](=O)[O-])c1. The van der Waals surface area contributed by atoms with E-state index in [4.69, 9.17) is 5.73 Å². The van der Waals surface area contributed by atoms with Crippen molar-refractivity contribution in [1.82, 2.24) is 0 Å². The molecule has 1 aromatic carbocycles. The summed E-state index contributed by atoms with van der Waals surface area (Å²) < 4.78 is 0. The van der Waals surface area contributed by atoms with Crippen LogP contribution in [0.25, 0.3) is 0 Å². The Labute approximate surface area is 89.2 Å². The first-order valence-electron chi connectivity index (χ1n) is 5.06. The van der Waals surface area contributed by atoms with Crippen LogP contribution in [0.5, 0.6) is 0 Å². The molecular weight excluding hydrogens is 192 g/mol. The third-order valence-electron chi connectivity index (χ3n) is 2.32. The normalized spacial score (nSPS) is 12.5. The maximum absolute atomic E-state index is 10.7. The summed E-state index contributed by atoms with van der Waals surface area (Å²) in [6.07, 6.45) is 1.82. The molecule has 4 heteroatoms. The zero-order valence-electron chi connectivity index (χ0n) is 9.06. The van der Waals surface area contributed by atoms with Gasteiger partial charge in [0, 0.05) is 18.2 Å². The molecule has 1 aromatic rings. The van der Waals surface area contributed by atoms with Gasteiger partial charge in [-0.15, -0.1) is 0 Å². The van der Waals surface area contributed by atoms with Crippen LogP contribution in [0.15, 0.2) is 18.2 Å². The highest BCUT2D eigenvalue weighted by Crippen LogP contribution is 2.22. The Morgan fingerprint density at radius 1 is 1.47 bits per heavy atom. The fourth-order valence-electron chi connectivity index (χ4n) is 1.59. The average molecular weight is 208 g/mol. The standard InChI is InChI=1S/C11H16N2O2/c1-3-4-11(12)9-5-8(2)6-10(7-9)13(14)15/h5-7,11H,3-4,12H2,1-2H3. The van der Waals surface area contributed by atoms with E-state index in [-0.39, 0.29) is 16.7 Å². The van der Waals surface area contributed by atoms with E-state index in [9.17, 15) is 10.1 Å². The summed E-state index contributed by atoms with van der Waals surface area (Å²) in [5.41, 5.74) is 7.77. The Morgan fingerprint density at radius 3 is 2.67 bits per heavy atom. The van der Waals surface area contributed by atoms with E-state index in [1.807, 2.05) is 19.9 Å². The summed E-state index contributed by atoms with van der Waals surface area (Å²) in [7, 11) is 0. The van der Waals surface area contributed by atoms with Crippen molar-refractivity contribution < 1.29 is 4.92 Å². The smallest absolute Gasteiger partial charge is 0.270 e. The summed E-state index contributed by atoms with van der Waals surface area (Å²) in [6.45, 7) is 3.89. The molecule has 0 amide bonds. The summed E-state index contributed by atoms with van der Waals surface area (Å²) >= 11 is 0. The molecule has 82 valence electrons. The molecule has 0 spiro atoms. The molecule has 0 bridgehead atoms. The number of aryl methyl sites for hydroxylation is 1. The predicted octanol–water partition coefficient (Wildman–Crippen LogP) is 2.70. The Bertz CT molecular complexity index is 364. The van der Waals surface area contributed by atoms with Gasteiger partial charge in [-0.3, -0.25) is 10.1 Å². The average Bonchev–Trinajstić information content (AvgIpc) is 2.17. The van der Waals surface area contributed by atoms with Crippen LogP contribution >= 0.6 is 0 Å². The van der Waals surface area contributed by atoms with Gasteiger partial charge in [0.15, 0.2) is 0 Å². The second kappa shape index (κ2) is 4.89. The van der Waals surface area contributed by atoms with Gasteiger partial charge in [0.2, 0.25) is 0 Å². The molecule has 15 heavy (non-hydrogen) atoms. The summed E-state index contributed by atoms with van der Waals surface area (Å²) in [5.74, 6) is 0. The largest absolute Gasteiger partial charge is 0.324 e. The van der Waals surface area contributed by atoms with Crippen molar-refractivity contribution in [2.24, 2.45) is 5.73 Å². The molecule has 0 aliphatic rings. The Hall–Kier alpha value is -1.42. The first kappa shape index (κ1) is 11.7. The molecule has 2 N–H and O–H groups in total. The van der Waals surface area contributed by atoms with E-state index >= 15 is 0 Å². The van der Waals surface area contributed by atoms with Crippen LogP contribution in [-0.2, 0) is 0 Å². The van der Waals surface area contributed by atoms with Crippen molar-refractivity contribution in [2.45, 2.75) is 32.7 Å². The highest BCUT2D eigenvalue weighted by molar-refractivity contribution is 5.40. The molecule has 0 radical (unpaired) electrons. The summed E-state index contributed by atoms with van der Waals surface area (Å²) in [4.78, 5) is 10.3. The van der Waals surface area contributed by atoms with Crippen LogP contribution < -0.4 is 5.73 Å². The first-order chi connectivity index (χ1) is 7.04. The Balaban J connectivity index is 3.03. The lowest BCUT2D eigenvalue weighted by Gasteiger charge is -2.11. The number of nitrogens with two attached hydrogens (primary N) is 1. The van der Waals surface area contributed by atoms with Crippen LogP contribution in [0.2, 0.25) is 0 Å². The predicted molar refractivity (Wildman–Crippen MR) is 59.7 cm³/mol. The highest BCUT2D eigenvalue weighted by atomic mass is 16.6. The molecule has 0 saturated heterocycles. The van der Waals surface area contributed by atoms with Crippen molar-refractivity contribution in [3.05, 3.63) is 39.4 Å². The zero-order chi connectivity index (χ0) is 11.4. The number of nitrogens with zero attached hydrogens (tertiary/aromatic N) is 1. The molecule has 0 aliphatic carbocycles. The van der Waals surface area contributed by atoms with Crippen molar-refractivity contribution in [3.8, 4) is 0 Å². The van der Waals surface area contributed by atoms with Gasteiger partial charge in [-0.25, -0.2) is 0 Å². The molecule has 0 heterocycles. The van der Waals surface area contributed by atoms with Crippen LogP contribution in [0.1, 0.15) is 36.9 Å². The van der Waals surface area contributed by atoms with E-state index in [0.717, 1.165) is 24.0 Å². The van der Waals surface area contributed by atoms with Crippen LogP contribution in [0.4, 0.5) is 5.69 Å². The lowest BCUT2D eigenvalue weighted by molar-refractivity contribution is -0.385. The molecule has 0 fully saturated rings. The molecule has 1 unspecified atom stereocenters. The molecule has 0 aromatic heterocycles. The zero-order valence-corrected chi connectivity index (χ0v) is 9.06. The highest BCUT2D eigenvalue weighted by Gasteiger charge is 2.12. The van der Waals surface area contributed by atoms with Gasteiger partial charge < -0.3 is 5.73 Å². The maximum Gasteiger partial charge on any atom is 0.270 e. The van der Waals surface area contributed by atoms with Crippen molar-refractivity contribution in [2.75, 3.05) is 0 Å². The number of non-ortho nitro benzene ring substituents is 1.